The normalized spacial score (nSPS) is 19.2. The Morgan fingerprint density at radius 1 is 1.10 bits per heavy atom. The lowest BCUT2D eigenvalue weighted by Gasteiger charge is -2.44. The SMILES string of the molecule is COc1cccc(C(=O)O)c1OCC(=O)N1CC(C)N(Cc2ccc(F)cc2)CC1C. The number of benzene rings is 2. The molecule has 0 radical (unpaired) electrons. The Hall–Kier alpha value is -3.13. The minimum absolute atomic E-state index is 0.0431. The lowest BCUT2D eigenvalue weighted by atomic mass is 10.1. The van der Waals surface area contributed by atoms with E-state index in [1.54, 1.807) is 29.2 Å². The molecule has 31 heavy (non-hydrogen) atoms. The Balaban J connectivity index is 1.63. The molecule has 2 aromatic rings. The molecule has 7 nitrogen and oxygen atoms in total. The summed E-state index contributed by atoms with van der Waals surface area (Å²) >= 11 is 0. The van der Waals surface area contributed by atoms with Crippen LogP contribution in [0, 0.1) is 5.82 Å². The van der Waals surface area contributed by atoms with E-state index < -0.39 is 5.97 Å². The van der Waals surface area contributed by atoms with Crippen molar-refractivity contribution in [2.24, 2.45) is 0 Å². The van der Waals surface area contributed by atoms with Gasteiger partial charge in [0.2, 0.25) is 0 Å². The molecule has 2 aromatic carbocycles. The van der Waals surface area contributed by atoms with Gasteiger partial charge in [0.1, 0.15) is 11.4 Å². The van der Waals surface area contributed by atoms with Crippen LogP contribution in [0.5, 0.6) is 11.5 Å². The number of aromatic carboxylic acids is 1. The molecule has 1 N–H and O–H groups in total. The Labute approximate surface area is 181 Å². The van der Waals surface area contributed by atoms with E-state index >= 15 is 0 Å². The number of para-hydroxylation sites is 1. The van der Waals surface area contributed by atoms with Gasteiger partial charge in [-0.25, -0.2) is 9.18 Å². The summed E-state index contributed by atoms with van der Waals surface area (Å²) in [5.41, 5.74) is 0.957. The molecule has 166 valence electrons. The molecular weight excluding hydrogens is 403 g/mol. The first-order valence-electron chi connectivity index (χ1n) is 10.1. The standard InChI is InChI=1S/C23H27FN2O5/c1-15-12-26(16(2)11-25(15)13-17-7-9-18(24)10-8-17)21(27)14-31-22-19(23(28)29)5-4-6-20(22)30-3/h4-10,15-16H,11-14H2,1-3H3,(H,28,29). The summed E-state index contributed by atoms with van der Waals surface area (Å²) < 4.78 is 23.9. The van der Waals surface area contributed by atoms with Gasteiger partial charge in [-0.15, -0.1) is 0 Å². The summed E-state index contributed by atoms with van der Waals surface area (Å²) in [4.78, 5) is 28.3. The predicted octanol–water partition coefficient (Wildman–Crippen LogP) is 3.03. The minimum atomic E-state index is -1.15. The van der Waals surface area contributed by atoms with Crippen molar-refractivity contribution < 1.29 is 28.6 Å². The number of methoxy groups -OCH3 is 1. The van der Waals surface area contributed by atoms with Crippen molar-refractivity contribution in [2.45, 2.75) is 32.5 Å². The maximum atomic E-state index is 13.1. The van der Waals surface area contributed by atoms with Crippen molar-refractivity contribution >= 4 is 11.9 Å². The number of nitrogens with zero attached hydrogens (tertiary/aromatic N) is 2. The average Bonchev–Trinajstić information content (AvgIpc) is 2.75. The average molecular weight is 430 g/mol. The van der Waals surface area contributed by atoms with Gasteiger partial charge in [-0.2, -0.15) is 0 Å². The van der Waals surface area contributed by atoms with Crippen LogP contribution in [0.15, 0.2) is 42.5 Å². The number of amides is 1. The predicted molar refractivity (Wildman–Crippen MR) is 113 cm³/mol. The molecular formula is C23H27FN2O5. The molecule has 1 aliphatic heterocycles. The first kappa shape index (κ1) is 22.6. The van der Waals surface area contributed by atoms with Gasteiger partial charge in [-0.1, -0.05) is 18.2 Å². The molecule has 0 saturated carbocycles. The van der Waals surface area contributed by atoms with Crippen LogP contribution in [0.3, 0.4) is 0 Å². The number of hydrogen-bond acceptors (Lipinski definition) is 5. The van der Waals surface area contributed by atoms with Crippen LogP contribution in [-0.2, 0) is 11.3 Å². The van der Waals surface area contributed by atoms with Crippen LogP contribution in [0.2, 0.25) is 0 Å². The van der Waals surface area contributed by atoms with Crippen molar-refractivity contribution in [1.29, 1.82) is 0 Å². The van der Waals surface area contributed by atoms with Gasteiger partial charge in [-0.05, 0) is 43.7 Å². The van der Waals surface area contributed by atoms with Gasteiger partial charge in [-0.3, -0.25) is 9.69 Å². The second-order valence-electron chi connectivity index (χ2n) is 7.73. The van der Waals surface area contributed by atoms with Crippen LogP contribution in [0.4, 0.5) is 4.39 Å². The molecule has 1 aliphatic rings. The van der Waals surface area contributed by atoms with Crippen molar-refractivity contribution in [2.75, 3.05) is 26.8 Å². The molecule has 1 amide bonds. The van der Waals surface area contributed by atoms with Crippen LogP contribution in [-0.4, -0.2) is 65.7 Å². The number of rotatable bonds is 7. The Morgan fingerprint density at radius 2 is 1.81 bits per heavy atom. The number of carboxylic acid groups (broad SMARTS) is 1. The number of carboxylic acids is 1. The van der Waals surface area contributed by atoms with Gasteiger partial charge in [0.15, 0.2) is 18.1 Å². The van der Waals surface area contributed by atoms with E-state index in [0.29, 0.717) is 19.6 Å². The molecule has 8 heteroatoms. The Bertz CT molecular complexity index is 934. The Morgan fingerprint density at radius 3 is 2.45 bits per heavy atom. The van der Waals surface area contributed by atoms with Gasteiger partial charge in [0.05, 0.1) is 7.11 Å². The number of carbonyl (C=O) groups is 2. The van der Waals surface area contributed by atoms with E-state index in [-0.39, 0.29) is 47.5 Å². The third-order valence-corrected chi connectivity index (χ3v) is 5.50. The zero-order valence-electron chi connectivity index (χ0n) is 17.9. The van der Waals surface area contributed by atoms with Crippen LogP contribution < -0.4 is 9.47 Å². The fourth-order valence-corrected chi connectivity index (χ4v) is 3.80. The molecule has 0 aromatic heterocycles. The summed E-state index contributed by atoms with van der Waals surface area (Å²) in [6.45, 7) is 5.58. The summed E-state index contributed by atoms with van der Waals surface area (Å²) in [6, 6.07) is 11.0. The molecule has 2 unspecified atom stereocenters. The van der Waals surface area contributed by atoms with Crippen molar-refractivity contribution in [3.05, 3.63) is 59.4 Å². The monoisotopic (exact) mass is 430 g/mol. The van der Waals surface area contributed by atoms with Crippen LogP contribution in [0.25, 0.3) is 0 Å². The molecule has 3 rings (SSSR count). The fourth-order valence-electron chi connectivity index (χ4n) is 3.80. The lowest BCUT2D eigenvalue weighted by molar-refractivity contribution is -0.139. The molecule has 1 saturated heterocycles. The first-order valence-corrected chi connectivity index (χ1v) is 10.1. The van der Waals surface area contributed by atoms with Gasteiger partial charge in [0.25, 0.3) is 5.91 Å². The smallest absolute Gasteiger partial charge is 0.339 e. The quantitative estimate of drug-likeness (QED) is 0.728. The van der Waals surface area contributed by atoms with E-state index in [1.807, 2.05) is 13.8 Å². The van der Waals surface area contributed by atoms with E-state index in [0.717, 1.165) is 5.56 Å². The third kappa shape index (κ3) is 5.32. The fraction of sp³-hybridized carbons (Fsp3) is 0.391. The van der Waals surface area contributed by atoms with Gasteiger partial charge < -0.3 is 19.5 Å². The number of carbonyl (C=O) groups excluding carboxylic acids is 1. The second-order valence-corrected chi connectivity index (χ2v) is 7.73. The van der Waals surface area contributed by atoms with Crippen LogP contribution in [0.1, 0.15) is 29.8 Å². The minimum Gasteiger partial charge on any atom is -0.493 e. The molecule has 0 bridgehead atoms. The lowest BCUT2D eigenvalue weighted by Crippen LogP contribution is -2.58. The van der Waals surface area contributed by atoms with Crippen molar-refractivity contribution in [1.82, 2.24) is 9.80 Å². The van der Waals surface area contributed by atoms with Crippen molar-refractivity contribution in [3.63, 3.8) is 0 Å². The molecule has 0 aliphatic carbocycles. The second kappa shape index (κ2) is 9.78. The zero-order valence-corrected chi connectivity index (χ0v) is 17.9. The van der Waals surface area contributed by atoms with Gasteiger partial charge >= 0.3 is 5.97 Å². The molecule has 0 spiro atoms. The maximum Gasteiger partial charge on any atom is 0.339 e. The number of hydrogen-bond donors (Lipinski definition) is 1. The molecule has 1 heterocycles. The summed E-state index contributed by atoms with van der Waals surface area (Å²) in [6.07, 6.45) is 0. The topological polar surface area (TPSA) is 79.3 Å². The van der Waals surface area contributed by atoms with Crippen LogP contribution >= 0.6 is 0 Å². The highest BCUT2D eigenvalue weighted by molar-refractivity contribution is 5.92. The molecule has 1 fully saturated rings. The summed E-state index contributed by atoms with van der Waals surface area (Å²) in [5.74, 6) is -1.33. The largest absolute Gasteiger partial charge is 0.493 e. The highest BCUT2D eigenvalue weighted by atomic mass is 19.1. The third-order valence-electron chi connectivity index (χ3n) is 5.50. The molecule has 2 atom stereocenters. The van der Waals surface area contributed by atoms with Gasteiger partial charge in [0, 0.05) is 31.7 Å². The van der Waals surface area contributed by atoms with E-state index in [4.69, 9.17) is 9.47 Å². The number of piperazine rings is 1. The highest BCUT2D eigenvalue weighted by Gasteiger charge is 2.32. The highest BCUT2D eigenvalue weighted by Crippen LogP contribution is 2.31. The zero-order chi connectivity index (χ0) is 22.5. The number of ether oxygens (including phenoxy) is 2. The maximum absolute atomic E-state index is 13.1. The van der Waals surface area contributed by atoms with E-state index in [9.17, 15) is 19.1 Å². The number of halogens is 1. The van der Waals surface area contributed by atoms with E-state index in [1.165, 1.54) is 25.3 Å². The summed E-state index contributed by atoms with van der Waals surface area (Å²) in [5, 5.41) is 9.38. The summed E-state index contributed by atoms with van der Waals surface area (Å²) in [7, 11) is 1.42. The van der Waals surface area contributed by atoms with E-state index in [2.05, 4.69) is 4.90 Å². The van der Waals surface area contributed by atoms with Crippen molar-refractivity contribution in [3.8, 4) is 11.5 Å². The Kier molecular flexibility index (Phi) is 7.12. The first-order chi connectivity index (χ1) is 14.8.